The topological polar surface area (TPSA) is 32.5 Å². The van der Waals surface area contributed by atoms with E-state index in [1.54, 1.807) is 0 Å². The van der Waals surface area contributed by atoms with Crippen molar-refractivity contribution in [3.63, 3.8) is 0 Å². The Morgan fingerprint density at radius 3 is 2.60 bits per heavy atom. The van der Waals surface area contributed by atoms with Gasteiger partial charge in [0.25, 0.3) is 0 Å². The molecule has 0 aliphatic carbocycles. The first-order valence-electron chi connectivity index (χ1n) is 6.19. The second-order valence-corrected chi connectivity index (χ2v) is 5.35. The van der Waals surface area contributed by atoms with Gasteiger partial charge in [-0.25, -0.2) is 0 Å². The number of hydrogen-bond acceptors (Lipinski definition) is 3. The molecule has 1 fully saturated rings. The summed E-state index contributed by atoms with van der Waals surface area (Å²) in [5.74, 6) is 0.752. The largest absolute Gasteiger partial charge is 0.329 e. The molecule has 1 rings (SSSR count). The first-order valence-corrected chi connectivity index (χ1v) is 6.19. The van der Waals surface area contributed by atoms with Crippen LogP contribution in [0.5, 0.6) is 0 Å². The van der Waals surface area contributed by atoms with Gasteiger partial charge in [0.2, 0.25) is 0 Å². The van der Waals surface area contributed by atoms with E-state index < -0.39 is 0 Å². The Hall–Kier alpha value is -0.120. The van der Waals surface area contributed by atoms with Crippen LogP contribution < -0.4 is 5.73 Å². The summed E-state index contributed by atoms with van der Waals surface area (Å²) in [6.07, 6.45) is 1.26. The van der Waals surface area contributed by atoms with Crippen molar-refractivity contribution in [3.8, 4) is 0 Å². The van der Waals surface area contributed by atoms with Crippen molar-refractivity contribution < 1.29 is 0 Å². The van der Waals surface area contributed by atoms with Crippen LogP contribution in [-0.2, 0) is 0 Å². The minimum Gasteiger partial charge on any atom is -0.329 e. The van der Waals surface area contributed by atoms with Crippen molar-refractivity contribution in [2.45, 2.75) is 39.3 Å². The molecule has 2 atom stereocenters. The zero-order chi connectivity index (χ0) is 11.4. The molecule has 1 aliphatic rings. The molecule has 0 bridgehead atoms. The van der Waals surface area contributed by atoms with Gasteiger partial charge < -0.3 is 10.6 Å². The van der Waals surface area contributed by atoms with E-state index in [1.165, 1.54) is 19.5 Å². The molecule has 0 radical (unpaired) electrons. The summed E-state index contributed by atoms with van der Waals surface area (Å²) in [4.78, 5) is 5.02. The average Bonchev–Trinajstić information content (AvgIpc) is 2.30. The molecule has 2 N–H and O–H groups in total. The lowest BCUT2D eigenvalue weighted by molar-refractivity contribution is 0.175. The van der Waals surface area contributed by atoms with Gasteiger partial charge in [-0.15, -0.1) is 0 Å². The third kappa shape index (κ3) is 3.74. The standard InChI is InChI=1S/C12H27N3/c1-10(2)8-15-6-5-11(3)14(4)12(7-13)9-15/h10-12H,5-9,13H2,1-4H3. The molecule has 90 valence electrons. The van der Waals surface area contributed by atoms with E-state index in [-0.39, 0.29) is 0 Å². The predicted octanol–water partition coefficient (Wildman–Crippen LogP) is 0.996. The van der Waals surface area contributed by atoms with Gasteiger partial charge in [-0.1, -0.05) is 13.8 Å². The van der Waals surface area contributed by atoms with Crippen LogP contribution in [0.25, 0.3) is 0 Å². The molecule has 0 amide bonds. The summed E-state index contributed by atoms with van der Waals surface area (Å²) in [6.45, 7) is 11.2. The quantitative estimate of drug-likeness (QED) is 0.759. The molecular weight excluding hydrogens is 186 g/mol. The maximum absolute atomic E-state index is 5.85. The summed E-state index contributed by atoms with van der Waals surface area (Å²) in [5, 5.41) is 0. The summed E-state index contributed by atoms with van der Waals surface area (Å²) < 4.78 is 0. The predicted molar refractivity (Wildman–Crippen MR) is 66.0 cm³/mol. The highest BCUT2D eigenvalue weighted by atomic mass is 15.2. The molecule has 0 aromatic heterocycles. The number of likely N-dealkylation sites (N-methyl/N-ethyl adjacent to an activating group) is 1. The molecule has 0 saturated carbocycles. The van der Waals surface area contributed by atoms with E-state index >= 15 is 0 Å². The highest BCUT2D eigenvalue weighted by Gasteiger charge is 2.25. The molecule has 3 heteroatoms. The lowest BCUT2D eigenvalue weighted by Crippen LogP contribution is -2.46. The van der Waals surface area contributed by atoms with Crippen LogP contribution in [0.3, 0.4) is 0 Å². The molecular formula is C12H27N3. The van der Waals surface area contributed by atoms with Crippen LogP contribution in [0.15, 0.2) is 0 Å². The van der Waals surface area contributed by atoms with Crippen LogP contribution in [0.1, 0.15) is 27.2 Å². The molecule has 1 heterocycles. The normalized spacial score (nSPS) is 30.8. The number of nitrogens with zero attached hydrogens (tertiary/aromatic N) is 2. The molecule has 1 aliphatic heterocycles. The van der Waals surface area contributed by atoms with Gasteiger partial charge in [-0.2, -0.15) is 0 Å². The monoisotopic (exact) mass is 213 g/mol. The van der Waals surface area contributed by atoms with Crippen molar-refractivity contribution in [2.24, 2.45) is 11.7 Å². The van der Waals surface area contributed by atoms with E-state index in [1.807, 2.05) is 0 Å². The SMILES string of the molecule is CC(C)CN1CCC(C)N(C)C(CN)C1. The van der Waals surface area contributed by atoms with Crippen LogP contribution in [0.2, 0.25) is 0 Å². The Bertz CT molecular complexity index is 182. The van der Waals surface area contributed by atoms with Gasteiger partial charge in [0.1, 0.15) is 0 Å². The van der Waals surface area contributed by atoms with Gasteiger partial charge in [0, 0.05) is 31.7 Å². The summed E-state index contributed by atoms with van der Waals surface area (Å²) >= 11 is 0. The lowest BCUT2D eigenvalue weighted by Gasteiger charge is -2.31. The second kappa shape index (κ2) is 5.83. The van der Waals surface area contributed by atoms with Crippen LogP contribution >= 0.6 is 0 Å². The lowest BCUT2D eigenvalue weighted by atomic mass is 10.2. The minimum atomic E-state index is 0.529. The Labute approximate surface area is 94.6 Å². The van der Waals surface area contributed by atoms with Crippen molar-refractivity contribution in [2.75, 3.05) is 33.2 Å². The fourth-order valence-electron chi connectivity index (χ4n) is 2.37. The van der Waals surface area contributed by atoms with E-state index in [2.05, 4.69) is 37.6 Å². The number of nitrogens with two attached hydrogens (primary N) is 1. The van der Waals surface area contributed by atoms with Crippen LogP contribution in [0.4, 0.5) is 0 Å². The third-order valence-corrected chi connectivity index (χ3v) is 3.50. The summed E-state index contributed by atoms with van der Waals surface area (Å²) in [6, 6.07) is 1.19. The van der Waals surface area contributed by atoms with Crippen molar-refractivity contribution >= 4 is 0 Å². The van der Waals surface area contributed by atoms with Gasteiger partial charge in [0.15, 0.2) is 0 Å². The molecule has 2 unspecified atom stereocenters. The molecule has 3 nitrogen and oxygen atoms in total. The maximum atomic E-state index is 5.85. The van der Waals surface area contributed by atoms with E-state index in [9.17, 15) is 0 Å². The van der Waals surface area contributed by atoms with Crippen LogP contribution in [-0.4, -0.2) is 55.1 Å². The van der Waals surface area contributed by atoms with Crippen molar-refractivity contribution in [1.29, 1.82) is 0 Å². The zero-order valence-corrected chi connectivity index (χ0v) is 10.7. The number of rotatable bonds is 3. The Kier molecular flexibility index (Phi) is 5.03. The maximum Gasteiger partial charge on any atom is 0.0345 e. The smallest absolute Gasteiger partial charge is 0.0345 e. The fraction of sp³-hybridized carbons (Fsp3) is 1.00. The van der Waals surface area contributed by atoms with Gasteiger partial charge in [-0.05, 0) is 32.9 Å². The van der Waals surface area contributed by atoms with Crippen LogP contribution in [0, 0.1) is 5.92 Å². The minimum absolute atomic E-state index is 0.529. The third-order valence-electron chi connectivity index (χ3n) is 3.50. The van der Waals surface area contributed by atoms with Gasteiger partial charge in [-0.3, -0.25) is 4.90 Å². The second-order valence-electron chi connectivity index (χ2n) is 5.35. The highest BCUT2D eigenvalue weighted by molar-refractivity contribution is 4.83. The van der Waals surface area contributed by atoms with Gasteiger partial charge in [0.05, 0.1) is 0 Å². The van der Waals surface area contributed by atoms with Crippen molar-refractivity contribution in [3.05, 3.63) is 0 Å². The Balaban J connectivity index is 2.56. The first-order chi connectivity index (χ1) is 7.04. The van der Waals surface area contributed by atoms with Crippen molar-refractivity contribution in [1.82, 2.24) is 9.80 Å². The fourth-order valence-corrected chi connectivity index (χ4v) is 2.37. The summed E-state index contributed by atoms with van der Waals surface area (Å²) in [5.41, 5.74) is 5.85. The van der Waals surface area contributed by atoms with Gasteiger partial charge >= 0.3 is 0 Å². The highest BCUT2D eigenvalue weighted by Crippen LogP contribution is 2.14. The summed E-state index contributed by atoms with van der Waals surface area (Å²) in [7, 11) is 2.21. The van der Waals surface area contributed by atoms with E-state index in [4.69, 9.17) is 5.73 Å². The first kappa shape index (κ1) is 12.9. The average molecular weight is 213 g/mol. The molecule has 15 heavy (non-hydrogen) atoms. The zero-order valence-electron chi connectivity index (χ0n) is 10.7. The van der Waals surface area contributed by atoms with E-state index in [0.717, 1.165) is 19.0 Å². The Morgan fingerprint density at radius 1 is 1.40 bits per heavy atom. The molecule has 1 saturated heterocycles. The molecule has 0 aromatic carbocycles. The molecule has 0 spiro atoms. The Morgan fingerprint density at radius 2 is 2.07 bits per heavy atom. The number of hydrogen-bond donors (Lipinski definition) is 1. The molecule has 0 aromatic rings. The van der Waals surface area contributed by atoms with E-state index in [0.29, 0.717) is 12.1 Å².